The predicted octanol–water partition coefficient (Wildman–Crippen LogP) is 4.73. The summed E-state index contributed by atoms with van der Waals surface area (Å²) in [5.74, 6) is 0.567. The van der Waals surface area contributed by atoms with Crippen LogP contribution in [0.4, 0.5) is 11.5 Å². The molecule has 96 valence electrons. The predicted molar refractivity (Wildman–Crippen MR) is 80.9 cm³/mol. The van der Waals surface area contributed by atoms with E-state index in [9.17, 15) is 0 Å². The van der Waals surface area contributed by atoms with Crippen molar-refractivity contribution in [3.8, 4) is 6.07 Å². The first-order valence-electron chi connectivity index (χ1n) is 5.61. The van der Waals surface area contributed by atoms with Gasteiger partial charge in [-0.1, -0.05) is 27.5 Å². The number of aromatic nitrogens is 1. The quantitative estimate of drug-likeness (QED) is 0.807. The highest BCUT2D eigenvalue weighted by molar-refractivity contribution is 9.10. The molecular weight excluding hydrogens is 326 g/mol. The zero-order chi connectivity index (χ0) is 14.0. The Labute approximate surface area is 125 Å². The van der Waals surface area contributed by atoms with Gasteiger partial charge in [0.2, 0.25) is 0 Å². The Morgan fingerprint density at radius 3 is 2.42 bits per heavy atom. The normalized spacial score (nSPS) is 10.1. The SMILES string of the molecule is Cc1cc(Br)cc(C)c1Nc1cc(C#N)cc(Cl)n1. The molecular formula is C14H11BrClN3. The number of halogens is 2. The fourth-order valence-corrected chi connectivity index (χ4v) is 2.76. The van der Waals surface area contributed by atoms with E-state index in [1.54, 1.807) is 6.07 Å². The van der Waals surface area contributed by atoms with E-state index in [4.69, 9.17) is 16.9 Å². The van der Waals surface area contributed by atoms with Gasteiger partial charge in [0.1, 0.15) is 11.0 Å². The van der Waals surface area contributed by atoms with Crippen molar-refractivity contribution in [3.05, 3.63) is 50.6 Å². The van der Waals surface area contributed by atoms with Crippen LogP contribution in [0.1, 0.15) is 16.7 Å². The zero-order valence-electron chi connectivity index (χ0n) is 10.5. The van der Waals surface area contributed by atoms with Crippen LogP contribution in [-0.2, 0) is 0 Å². The lowest BCUT2D eigenvalue weighted by molar-refractivity contribution is 1.26. The van der Waals surface area contributed by atoms with Crippen molar-refractivity contribution in [2.24, 2.45) is 0 Å². The van der Waals surface area contributed by atoms with Gasteiger partial charge in [-0.3, -0.25) is 0 Å². The monoisotopic (exact) mass is 335 g/mol. The third-order valence-corrected chi connectivity index (χ3v) is 3.33. The largest absolute Gasteiger partial charge is 0.340 e. The summed E-state index contributed by atoms with van der Waals surface area (Å²) in [6.07, 6.45) is 0. The molecule has 2 aromatic rings. The molecule has 5 heteroatoms. The summed E-state index contributed by atoms with van der Waals surface area (Å²) < 4.78 is 1.03. The summed E-state index contributed by atoms with van der Waals surface area (Å²) in [6, 6.07) is 9.31. The number of hydrogen-bond donors (Lipinski definition) is 1. The standard InChI is InChI=1S/C14H11BrClN3/c1-8-3-11(15)4-9(2)14(8)19-13-6-10(7-17)5-12(16)18-13/h3-6H,1-2H3,(H,18,19). The molecule has 1 N–H and O–H groups in total. The van der Waals surface area contributed by atoms with E-state index in [0.717, 1.165) is 21.3 Å². The molecule has 1 aromatic heterocycles. The molecule has 0 aliphatic carbocycles. The first-order chi connectivity index (χ1) is 8.99. The third-order valence-electron chi connectivity index (χ3n) is 2.67. The number of aryl methyl sites for hydroxylation is 2. The van der Waals surface area contributed by atoms with Crippen molar-refractivity contribution in [2.75, 3.05) is 5.32 Å². The second-order valence-electron chi connectivity index (χ2n) is 4.22. The van der Waals surface area contributed by atoms with Gasteiger partial charge >= 0.3 is 0 Å². The minimum absolute atomic E-state index is 0.300. The topological polar surface area (TPSA) is 48.7 Å². The molecule has 0 saturated heterocycles. The molecule has 1 heterocycles. The molecule has 0 bridgehead atoms. The first-order valence-corrected chi connectivity index (χ1v) is 6.78. The maximum Gasteiger partial charge on any atom is 0.133 e. The van der Waals surface area contributed by atoms with Crippen molar-refractivity contribution >= 4 is 39.0 Å². The van der Waals surface area contributed by atoms with E-state index in [-0.39, 0.29) is 0 Å². The van der Waals surface area contributed by atoms with E-state index < -0.39 is 0 Å². The molecule has 0 aliphatic rings. The second-order valence-corrected chi connectivity index (χ2v) is 5.52. The molecule has 0 saturated carbocycles. The van der Waals surface area contributed by atoms with Gasteiger partial charge in [0, 0.05) is 10.2 Å². The van der Waals surface area contributed by atoms with Gasteiger partial charge in [-0.2, -0.15) is 5.26 Å². The molecule has 1 aromatic carbocycles. The van der Waals surface area contributed by atoms with Crippen molar-refractivity contribution in [1.82, 2.24) is 4.98 Å². The third kappa shape index (κ3) is 3.25. The second kappa shape index (κ2) is 5.60. The Balaban J connectivity index is 2.42. The lowest BCUT2D eigenvalue weighted by Gasteiger charge is -2.13. The fourth-order valence-electron chi connectivity index (χ4n) is 1.86. The van der Waals surface area contributed by atoms with Crippen LogP contribution in [0, 0.1) is 25.2 Å². The Morgan fingerprint density at radius 1 is 1.21 bits per heavy atom. The van der Waals surface area contributed by atoms with Crippen LogP contribution in [0.15, 0.2) is 28.7 Å². The lowest BCUT2D eigenvalue weighted by Crippen LogP contribution is -1.99. The van der Waals surface area contributed by atoms with Crippen LogP contribution >= 0.6 is 27.5 Å². The summed E-state index contributed by atoms with van der Waals surface area (Å²) in [6.45, 7) is 4.02. The van der Waals surface area contributed by atoms with Crippen LogP contribution < -0.4 is 5.32 Å². The van der Waals surface area contributed by atoms with Gasteiger partial charge in [-0.05, 0) is 49.2 Å². The molecule has 0 unspecified atom stereocenters. The summed E-state index contributed by atoms with van der Waals surface area (Å²) in [5.41, 5.74) is 3.64. The van der Waals surface area contributed by atoms with Crippen molar-refractivity contribution < 1.29 is 0 Å². The maximum absolute atomic E-state index is 8.93. The Kier molecular flexibility index (Phi) is 4.08. The molecule has 3 nitrogen and oxygen atoms in total. The number of benzene rings is 1. The van der Waals surface area contributed by atoms with Gasteiger partial charge in [0.05, 0.1) is 11.6 Å². The summed E-state index contributed by atoms with van der Waals surface area (Å²) in [7, 11) is 0. The van der Waals surface area contributed by atoms with Gasteiger partial charge < -0.3 is 5.32 Å². The molecule has 19 heavy (non-hydrogen) atoms. The van der Waals surface area contributed by atoms with Gasteiger partial charge in [0.15, 0.2) is 0 Å². The van der Waals surface area contributed by atoms with E-state index in [1.807, 2.05) is 26.0 Å². The highest BCUT2D eigenvalue weighted by atomic mass is 79.9. The van der Waals surface area contributed by atoms with E-state index in [2.05, 4.69) is 32.3 Å². The number of nitrogens with zero attached hydrogens (tertiary/aromatic N) is 2. The van der Waals surface area contributed by atoms with Crippen LogP contribution in [0.3, 0.4) is 0 Å². The molecule has 0 amide bonds. The first kappa shape index (κ1) is 13.9. The summed E-state index contributed by atoms with van der Waals surface area (Å²) in [5, 5.41) is 12.4. The molecule has 2 rings (SSSR count). The van der Waals surface area contributed by atoms with Crippen LogP contribution in [-0.4, -0.2) is 4.98 Å². The van der Waals surface area contributed by atoms with Crippen LogP contribution in [0.2, 0.25) is 5.15 Å². The number of nitrogens with one attached hydrogen (secondary N) is 1. The van der Waals surface area contributed by atoms with E-state index in [0.29, 0.717) is 16.5 Å². The number of pyridine rings is 1. The van der Waals surface area contributed by atoms with E-state index in [1.165, 1.54) is 6.07 Å². The zero-order valence-corrected chi connectivity index (χ0v) is 12.8. The average Bonchev–Trinajstić information content (AvgIpc) is 2.33. The number of rotatable bonds is 2. The smallest absolute Gasteiger partial charge is 0.133 e. The maximum atomic E-state index is 8.93. The fraction of sp³-hybridized carbons (Fsp3) is 0.143. The number of hydrogen-bond acceptors (Lipinski definition) is 3. The Morgan fingerprint density at radius 2 is 1.84 bits per heavy atom. The van der Waals surface area contributed by atoms with E-state index >= 15 is 0 Å². The van der Waals surface area contributed by atoms with Gasteiger partial charge in [-0.25, -0.2) is 4.98 Å². The minimum Gasteiger partial charge on any atom is -0.340 e. The van der Waals surface area contributed by atoms with Crippen LogP contribution in [0.5, 0.6) is 0 Å². The molecule has 0 fully saturated rings. The summed E-state index contributed by atoms with van der Waals surface area (Å²) >= 11 is 9.35. The van der Waals surface area contributed by atoms with Crippen molar-refractivity contribution in [3.63, 3.8) is 0 Å². The van der Waals surface area contributed by atoms with Gasteiger partial charge in [0.25, 0.3) is 0 Å². The Bertz CT molecular complexity index is 654. The molecule has 0 spiro atoms. The van der Waals surface area contributed by atoms with Crippen molar-refractivity contribution in [2.45, 2.75) is 13.8 Å². The number of nitriles is 1. The van der Waals surface area contributed by atoms with Gasteiger partial charge in [-0.15, -0.1) is 0 Å². The highest BCUT2D eigenvalue weighted by Gasteiger charge is 2.07. The lowest BCUT2D eigenvalue weighted by atomic mass is 10.1. The highest BCUT2D eigenvalue weighted by Crippen LogP contribution is 2.28. The average molecular weight is 337 g/mol. The molecule has 0 atom stereocenters. The van der Waals surface area contributed by atoms with Crippen molar-refractivity contribution in [1.29, 1.82) is 5.26 Å². The summed E-state index contributed by atoms with van der Waals surface area (Å²) in [4.78, 5) is 4.17. The Hall–Kier alpha value is -1.57. The molecule has 0 aliphatic heterocycles. The molecule has 0 radical (unpaired) electrons. The minimum atomic E-state index is 0.300. The number of anilines is 2. The van der Waals surface area contributed by atoms with Crippen LogP contribution in [0.25, 0.3) is 0 Å².